The Morgan fingerprint density at radius 3 is 2.19 bits per heavy atom. The highest BCUT2D eigenvalue weighted by atomic mass is 16.3. The fourth-order valence-corrected chi connectivity index (χ4v) is 5.19. The molecule has 7 atom stereocenters. The van der Waals surface area contributed by atoms with Crippen LogP contribution in [-0.4, -0.2) is 103 Å². The van der Waals surface area contributed by atoms with Crippen LogP contribution in [0.4, 0.5) is 0 Å². The predicted octanol–water partition coefficient (Wildman–Crippen LogP) is -0.237. The number of unbranched alkanes of at least 4 members (excludes halogenated alkanes) is 3. The molecule has 0 saturated carbocycles. The van der Waals surface area contributed by atoms with Crippen LogP contribution in [0.25, 0.3) is 0 Å². The van der Waals surface area contributed by atoms with Gasteiger partial charge in [0.15, 0.2) is 0 Å². The van der Waals surface area contributed by atoms with E-state index in [0.717, 1.165) is 38.5 Å². The Morgan fingerprint density at radius 1 is 0.935 bits per heavy atom. The Hall–Kier alpha value is -1.26. The van der Waals surface area contributed by atoms with Crippen molar-refractivity contribution in [2.75, 3.05) is 13.2 Å². The quantitative estimate of drug-likeness (QED) is 0.293. The minimum Gasteiger partial charge on any atom is -0.394 e. The average Bonchev–Trinajstić information content (AvgIpc) is 2.99. The van der Waals surface area contributed by atoms with E-state index in [1.54, 1.807) is 4.90 Å². The van der Waals surface area contributed by atoms with Crippen LogP contribution in [0.15, 0.2) is 0 Å². The third kappa shape index (κ3) is 6.38. The summed E-state index contributed by atoms with van der Waals surface area (Å²) >= 11 is 0. The van der Waals surface area contributed by atoms with Crippen LogP contribution in [-0.2, 0) is 9.59 Å². The van der Waals surface area contributed by atoms with E-state index >= 15 is 0 Å². The maximum Gasteiger partial charge on any atom is 0.220 e. The number of nitrogens with zero attached hydrogens (tertiary/aromatic N) is 2. The van der Waals surface area contributed by atoms with E-state index in [0.29, 0.717) is 25.8 Å². The van der Waals surface area contributed by atoms with Gasteiger partial charge in [-0.3, -0.25) is 9.59 Å². The van der Waals surface area contributed by atoms with Crippen LogP contribution in [0.5, 0.6) is 0 Å². The van der Waals surface area contributed by atoms with Gasteiger partial charge in [-0.2, -0.15) is 0 Å². The molecule has 0 unspecified atom stereocenters. The summed E-state index contributed by atoms with van der Waals surface area (Å²) in [5.41, 5.74) is 0. The van der Waals surface area contributed by atoms with Gasteiger partial charge in [-0.1, -0.05) is 25.7 Å². The molecule has 2 saturated heterocycles. The van der Waals surface area contributed by atoms with Crippen LogP contribution in [0, 0.1) is 0 Å². The fraction of sp³-hybridized carbons (Fsp3) is 0.909. The highest BCUT2D eigenvalue weighted by Gasteiger charge is 2.48. The van der Waals surface area contributed by atoms with Crippen molar-refractivity contribution in [1.82, 2.24) is 9.80 Å². The number of hydrogen-bond acceptors (Lipinski definition) is 7. The lowest BCUT2D eigenvalue weighted by Crippen LogP contribution is -2.52. The number of aliphatic hydroxyl groups is 5. The van der Waals surface area contributed by atoms with Crippen molar-refractivity contribution < 1.29 is 35.1 Å². The molecule has 0 radical (unpaired) electrons. The number of likely N-dealkylation sites (tertiary alicyclic amines) is 2. The van der Waals surface area contributed by atoms with Crippen LogP contribution in [0.1, 0.15) is 71.6 Å². The molecule has 0 aromatic rings. The van der Waals surface area contributed by atoms with E-state index in [1.165, 1.54) is 18.7 Å². The predicted molar refractivity (Wildman–Crippen MR) is 114 cm³/mol. The Balaban J connectivity index is 1.71. The lowest BCUT2D eigenvalue weighted by molar-refractivity contribution is -0.138. The van der Waals surface area contributed by atoms with Crippen LogP contribution >= 0.6 is 0 Å². The number of hydrogen-bond donors (Lipinski definition) is 5. The first-order valence-corrected chi connectivity index (χ1v) is 11.6. The molecule has 2 fully saturated rings. The molecule has 180 valence electrons. The topological polar surface area (TPSA) is 142 Å². The van der Waals surface area contributed by atoms with E-state index in [4.69, 9.17) is 0 Å². The summed E-state index contributed by atoms with van der Waals surface area (Å²) in [7, 11) is 0. The second-order valence-corrected chi connectivity index (χ2v) is 9.05. The smallest absolute Gasteiger partial charge is 0.220 e. The molecule has 9 heteroatoms. The van der Waals surface area contributed by atoms with Crippen molar-refractivity contribution in [3.63, 3.8) is 0 Å². The maximum absolute atomic E-state index is 11.9. The molecule has 2 heterocycles. The van der Waals surface area contributed by atoms with Crippen molar-refractivity contribution in [3.8, 4) is 0 Å². The van der Waals surface area contributed by atoms with Crippen molar-refractivity contribution in [2.24, 2.45) is 0 Å². The Kier molecular flexibility index (Phi) is 10.2. The number of carbonyl (C=O) groups is 2. The summed E-state index contributed by atoms with van der Waals surface area (Å²) in [4.78, 5) is 26.7. The molecule has 2 rings (SSSR count). The zero-order chi connectivity index (χ0) is 23.1. The summed E-state index contributed by atoms with van der Waals surface area (Å²) in [5, 5.41) is 50.7. The summed E-state index contributed by atoms with van der Waals surface area (Å²) in [6.07, 6.45) is 2.58. The van der Waals surface area contributed by atoms with Crippen molar-refractivity contribution in [3.05, 3.63) is 0 Å². The van der Waals surface area contributed by atoms with Gasteiger partial charge in [0, 0.05) is 20.4 Å². The normalized spacial score (nSPS) is 31.0. The number of rotatable bonds is 10. The van der Waals surface area contributed by atoms with E-state index in [1.807, 2.05) is 0 Å². The molecule has 2 aliphatic rings. The minimum atomic E-state index is -1.15. The minimum absolute atomic E-state index is 0.0711. The average molecular weight is 445 g/mol. The van der Waals surface area contributed by atoms with E-state index in [9.17, 15) is 35.1 Å². The largest absolute Gasteiger partial charge is 0.394 e. The second-order valence-electron chi connectivity index (χ2n) is 9.05. The summed E-state index contributed by atoms with van der Waals surface area (Å²) in [6.45, 7) is 3.09. The van der Waals surface area contributed by atoms with Gasteiger partial charge in [-0.25, -0.2) is 0 Å². The second kappa shape index (κ2) is 12.1. The fourth-order valence-electron chi connectivity index (χ4n) is 5.19. The van der Waals surface area contributed by atoms with Crippen molar-refractivity contribution in [2.45, 2.75) is 114 Å². The standard InChI is InChI=1S/C22H40N2O7/c1-14(26)23-12-8-7-9-16(23)20(29)19(28)11-6-4-3-5-10-17-21(30)22(31)18(13-25)24(17)15(2)27/h16-22,25,28-31H,3-13H2,1-2H3/t16-,17+,18+,19-,20-,21+,22+/m0/s1. The summed E-state index contributed by atoms with van der Waals surface area (Å²) in [6, 6.07) is -1.61. The number of piperidine rings is 1. The van der Waals surface area contributed by atoms with E-state index in [2.05, 4.69) is 0 Å². The van der Waals surface area contributed by atoms with Gasteiger partial charge in [0.1, 0.15) is 18.3 Å². The lowest BCUT2D eigenvalue weighted by Gasteiger charge is -2.39. The summed E-state index contributed by atoms with van der Waals surface area (Å²) in [5.74, 6) is -0.350. The molecule has 0 spiro atoms. The molecule has 0 aromatic heterocycles. The first kappa shape index (κ1) is 26.0. The maximum atomic E-state index is 11.9. The van der Waals surface area contributed by atoms with Gasteiger partial charge in [0.2, 0.25) is 11.8 Å². The van der Waals surface area contributed by atoms with Gasteiger partial charge < -0.3 is 35.3 Å². The SMILES string of the molecule is CC(=O)N1CCCC[C@H]1[C@H](O)[C@@H](O)CCCCCC[C@@H]1[C@@H](O)[C@H](O)[C@@H](CO)N1C(C)=O. The van der Waals surface area contributed by atoms with Crippen LogP contribution in [0.2, 0.25) is 0 Å². The first-order valence-electron chi connectivity index (χ1n) is 11.6. The zero-order valence-corrected chi connectivity index (χ0v) is 18.8. The van der Waals surface area contributed by atoms with Crippen molar-refractivity contribution in [1.29, 1.82) is 0 Å². The van der Waals surface area contributed by atoms with Gasteiger partial charge in [0.05, 0.1) is 30.8 Å². The van der Waals surface area contributed by atoms with Gasteiger partial charge in [-0.15, -0.1) is 0 Å². The van der Waals surface area contributed by atoms with E-state index < -0.39 is 43.1 Å². The Labute approximate surface area is 184 Å². The number of amides is 2. The van der Waals surface area contributed by atoms with Gasteiger partial charge in [-0.05, 0) is 32.1 Å². The monoisotopic (exact) mass is 444 g/mol. The van der Waals surface area contributed by atoms with Crippen LogP contribution in [0.3, 0.4) is 0 Å². The molecular weight excluding hydrogens is 404 g/mol. The summed E-state index contributed by atoms with van der Waals surface area (Å²) < 4.78 is 0. The Bertz CT molecular complexity index is 590. The van der Waals surface area contributed by atoms with Gasteiger partial charge >= 0.3 is 0 Å². The third-order valence-corrected chi connectivity index (χ3v) is 6.90. The molecule has 0 bridgehead atoms. The molecular formula is C22H40N2O7. The molecule has 31 heavy (non-hydrogen) atoms. The Morgan fingerprint density at radius 2 is 1.58 bits per heavy atom. The zero-order valence-electron chi connectivity index (χ0n) is 18.8. The molecule has 5 N–H and O–H groups in total. The first-order chi connectivity index (χ1) is 14.7. The third-order valence-electron chi connectivity index (χ3n) is 6.90. The van der Waals surface area contributed by atoms with E-state index in [-0.39, 0.29) is 17.9 Å². The number of aliphatic hydroxyl groups excluding tert-OH is 5. The molecule has 0 aliphatic carbocycles. The van der Waals surface area contributed by atoms with Crippen molar-refractivity contribution >= 4 is 11.8 Å². The van der Waals surface area contributed by atoms with Gasteiger partial charge in [0.25, 0.3) is 0 Å². The molecule has 2 aliphatic heterocycles. The lowest BCUT2D eigenvalue weighted by atomic mass is 9.92. The molecule has 2 amide bonds. The number of carbonyl (C=O) groups excluding carboxylic acids is 2. The molecule has 9 nitrogen and oxygen atoms in total. The highest BCUT2D eigenvalue weighted by Crippen LogP contribution is 2.29. The highest BCUT2D eigenvalue weighted by molar-refractivity contribution is 5.75. The molecule has 0 aromatic carbocycles. The van der Waals surface area contributed by atoms with Crippen LogP contribution < -0.4 is 0 Å².